The number of nitrogens with zero attached hydrogens (tertiary/aromatic N) is 3. The summed E-state index contributed by atoms with van der Waals surface area (Å²) in [6.45, 7) is 6.01. The molecule has 1 heterocycles. The van der Waals surface area contributed by atoms with Crippen molar-refractivity contribution in [2.75, 3.05) is 0 Å². The first-order chi connectivity index (χ1) is 8.63. The van der Waals surface area contributed by atoms with Gasteiger partial charge in [0.25, 0.3) is 0 Å². The Labute approximate surface area is 108 Å². The predicted molar refractivity (Wildman–Crippen MR) is 72.2 cm³/mol. The number of aryl methyl sites for hydroxylation is 2. The van der Waals surface area contributed by atoms with Crippen molar-refractivity contribution in [2.24, 2.45) is 5.73 Å². The van der Waals surface area contributed by atoms with Gasteiger partial charge in [-0.15, -0.1) is 0 Å². The summed E-state index contributed by atoms with van der Waals surface area (Å²) >= 11 is 0. The molecule has 96 valence electrons. The summed E-state index contributed by atoms with van der Waals surface area (Å²) in [6.07, 6.45) is 0.930. The largest absolute Gasteiger partial charge is 0.322 e. The fourth-order valence-corrected chi connectivity index (χ4v) is 2.33. The zero-order chi connectivity index (χ0) is 13.1. The van der Waals surface area contributed by atoms with Gasteiger partial charge in [0.1, 0.15) is 11.6 Å². The van der Waals surface area contributed by atoms with Crippen LogP contribution in [-0.2, 0) is 0 Å². The minimum absolute atomic E-state index is 0.0593. The number of nitrogens with two attached hydrogens (primary N) is 1. The maximum Gasteiger partial charge on any atom is 0.147 e. The Hall–Kier alpha value is -1.68. The Morgan fingerprint density at radius 2 is 1.89 bits per heavy atom. The second-order valence-electron chi connectivity index (χ2n) is 4.56. The summed E-state index contributed by atoms with van der Waals surface area (Å²) in [6, 6.07) is 10.2. The molecule has 2 N–H and O–H groups in total. The molecular formula is C14H20N4. The fourth-order valence-electron chi connectivity index (χ4n) is 2.33. The van der Waals surface area contributed by atoms with Gasteiger partial charge in [0.15, 0.2) is 0 Å². The summed E-state index contributed by atoms with van der Waals surface area (Å²) in [4.78, 5) is 4.35. The van der Waals surface area contributed by atoms with Crippen molar-refractivity contribution in [1.82, 2.24) is 14.8 Å². The van der Waals surface area contributed by atoms with E-state index in [2.05, 4.69) is 29.1 Å². The summed E-state index contributed by atoms with van der Waals surface area (Å²) in [7, 11) is 0. The molecule has 2 aromatic rings. The summed E-state index contributed by atoms with van der Waals surface area (Å²) in [5.41, 5.74) is 7.51. The third-order valence-corrected chi connectivity index (χ3v) is 3.24. The standard InChI is InChI=1S/C14H20N4/c1-4-13(18-11(3)16-10(2)17-18)14(15)12-8-6-5-7-9-12/h5-9,13-14H,4,15H2,1-3H3. The zero-order valence-electron chi connectivity index (χ0n) is 11.2. The molecule has 0 fully saturated rings. The van der Waals surface area contributed by atoms with Crippen LogP contribution < -0.4 is 5.73 Å². The van der Waals surface area contributed by atoms with Crippen LogP contribution in [0.15, 0.2) is 30.3 Å². The van der Waals surface area contributed by atoms with Crippen LogP contribution in [0.3, 0.4) is 0 Å². The molecule has 2 atom stereocenters. The molecule has 0 radical (unpaired) electrons. The van der Waals surface area contributed by atoms with Crippen molar-refractivity contribution in [2.45, 2.75) is 39.3 Å². The van der Waals surface area contributed by atoms with E-state index >= 15 is 0 Å². The second kappa shape index (κ2) is 5.31. The van der Waals surface area contributed by atoms with Gasteiger partial charge < -0.3 is 5.73 Å². The highest BCUT2D eigenvalue weighted by molar-refractivity contribution is 5.19. The molecule has 4 nitrogen and oxygen atoms in total. The Balaban J connectivity index is 2.32. The number of hydrogen-bond acceptors (Lipinski definition) is 3. The molecule has 0 aliphatic heterocycles. The quantitative estimate of drug-likeness (QED) is 0.899. The van der Waals surface area contributed by atoms with Crippen LogP contribution in [0.1, 0.15) is 42.6 Å². The highest BCUT2D eigenvalue weighted by Crippen LogP contribution is 2.27. The molecule has 0 bridgehead atoms. The molecule has 1 aromatic carbocycles. The van der Waals surface area contributed by atoms with Crippen molar-refractivity contribution < 1.29 is 0 Å². The van der Waals surface area contributed by atoms with E-state index < -0.39 is 0 Å². The van der Waals surface area contributed by atoms with Gasteiger partial charge in [0.2, 0.25) is 0 Å². The molecule has 0 aliphatic carbocycles. The molecule has 0 saturated heterocycles. The van der Waals surface area contributed by atoms with Crippen molar-refractivity contribution in [1.29, 1.82) is 0 Å². The van der Waals surface area contributed by atoms with Gasteiger partial charge in [-0.3, -0.25) is 0 Å². The number of benzene rings is 1. The lowest BCUT2D eigenvalue weighted by atomic mass is 9.98. The van der Waals surface area contributed by atoms with Crippen LogP contribution in [0, 0.1) is 13.8 Å². The average molecular weight is 244 g/mol. The fraction of sp³-hybridized carbons (Fsp3) is 0.429. The van der Waals surface area contributed by atoms with E-state index in [0.717, 1.165) is 23.6 Å². The Kier molecular flexibility index (Phi) is 3.77. The first kappa shape index (κ1) is 12.8. The third-order valence-electron chi connectivity index (χ3n) is 3.24. The van der Waals surface area contributed by atoms with E-state index in [4.69, 9.17) is 5.73 Å². The summed E-state index contributed by atoms with van der Waals surface area (Å²) < 4.78 is 1.95. The topological polar surface area (TPSA) is 56.7 Å². The monoisotopic (exact) mass is 244 g/mol. The molecule has 0 spiro atoms. The van der Waals surface area contributed by atoms with Gasteiger partial charge in [0, 0.05) is 0 Å². The highest BCUT2D eigenvalue weighted by Gasteiger charge is 2.22. The SMILES string of the molecule is CCC(C(N)c1ccccc1)n1nc(C)nc1C. The lowest BCUT2D eigenvalue weighted by Crippen LogP contribution is -2.26. The van der Waals surface area contributed by atoms with Gasteiger partial charge in [-0.2, -0.15) is 5.10 Å². The van der Waals surface area contributed by atoms with E-state index in [9.17, 15) is 0 Å². The van der Waals surface area contributed by atoms with Crippen LogP contribution in [0.25, 0.3) is 0 Å². The smallest absolute Gasteiger partial charge is 0.147 e. The van der Waals surface area contributed by atoms with Crippen LogP contribution in [-0.4, -0.2) is 14.8 Å². The zero-order valence-corrected chi connectivity index (χ0v) is 11.2. The average Bonchev–Trinajstić information content (AvgIpc) is 2.70. The second-order valence-corrected chi connectivity index (χ2v) is 4.56. The van der Waals surface area contributed by atoms with Crippen molar-refractivity contribution >= 4 is 0 Å². The number of rotatable bonds is 4. The van der Waals surface area contributed by atoms with Crippen LogP contribution in [0.2, 0.25) is 0 Å². The van der Waals surface area contributed by atoms with Gasteiger partial charge in [-0.1, -0.05) is 37.3 Å². The molecule has 2 unspecified atom stereocenters. The molecule has 2 rings (SSSR count). The minimum atomic E-state index is -0.0593. The molecule has 4 heteroatoms. The van der Waals surface area contributed by atoms with Crippen LogP contribution in [0.5, 0.6) is 0 Å². The summed E-state index contributed by atoms with van der Waals surface area (Å²) in [5.74, 6) is 1.72. The van der Waals surface area contributed by atoms with E-state index in [0.29, 0.717) is 0 Å². The lowest BCUT2D eigenvalue weighted by Gasteiger charge is -2.24. The molecular weight excluding hydrogens is 224 g/mol. The van der Waals surface area contributed by atoms with E-state index in [1.54, 1.807) is 0 Å². The Morgan fingerprint density at radius 3 is 2.39 bits per heavy atom. The van der Waals surface area contributed by atoms with Gasteiger partial charge in [-0.05, 0) is 25.8 Å². The first-order valence-corrected chi connectivity index (χ1v) is 6.33. The van der Waals surface area contributed by atoms with Gasteiger partial charge in [0.05, 0.1) is 12.1 Å². The van der Waals surface area contributed by atoms with Crippen molar-refractivity contribution in [3.8, 4) is 0 Å². The van der Waals surface area contributed by atoms with Crippen molar-refractivity contribution in [3.63, 3.8) is 0 Å². The van der Waals surface area contributed by atoms with Gasteiger partial charge >= 0.3 is 0 Å². The van der Waals surface area contributed by atoms with Crippen LogP contribution in [0.4, 0.5) is 0 Å². The van der Waals surface area contributed by atoms with E-state index in [1.165, 1.54) is 0 Å². The molecule has 0 saturated carbocycles. The molecule has 0 aliphatic rings. The number of hydrogen-bond donors (Lipinski definition) is 1. The normalized spacial score (nSPS) is 14.4. The molecule has 0 amide bonds. The predicted octanol–water partition coefficient (Wildman–Crippen LogP) is 2.55. The summed E-state index contributed by atoms with van der Waals surface area (Å²) in [5, 5.41) is 4.45. The first-order valence-electron chi connectivity index (χ1n) is 6.33. The van der Waals surface area contributed by atoms with Crippen LogP contribution >= 0.6 is 0 Å². The maximum atomic E-state index is 6.37. The maximum absolute atomic E-state index is 6.37. The third kappa shape index (κ3) is 2.43. The van der Waals surface area contributed by atoms with Crippen molar-refractivity contribution in [3.05, 3.63) is 47.5 Å². The Bertz CT molecular complexity index is 504. The molecule has 1 aromatic heterocycles. The van der Waals surface area contributed by atoms with E-state index in [-0.39, 0.29) is 12.1 Å². The van der Waals surface area contributed by atoms with E-state index in [1.807, 2.05) is 36.7 Å². The Morgan fingerprint density at radius 1 is 1.22 bits per heavy atom. The highest BCUT2D eigenvalue weighted by atomic mass is 15.4. The van der Waals surface area contributed by atoms with Gasteiger partial charge in [-0.25, -0.2) is 9.67 Å². The lowest BCUT2D eigenvalue weighted by molar-refractivity contribution is 0.364. The molecule has 18 heavy (non-hydrogen) atoms. The minimum Gasteiger partial charge on any atom is -0.322 e. The number of aromatic nitrogens is 3.